The smallest absolute Gasteiger partial charge is 0.246 e. The van der Waals surface area contributed by atoms with Crippen LogP contribution < -0.4 is 15.2 Å². The van der Waals surface area contributed by atoms with E-state index in [1.54, 1.807) is 23.2 Å². The number of benzene rings is 1. The zero-order valence-corrected chi connectivity index (χ0v) is 12.9. The minimum atomic E-state index is -0.0597. The zero-order valence-electron chi connectivity index (χ0n) is 12.9. The highest BCUT2D eigenvalue weighted by atomic mass is 16.7. The number of carbonyl (C=O) groups excluding carboxylic acids is 1. The summed E-state index contributed by atoms with van der Waals surface area (Å²) in [5, 5.41) is 0. The number of ether oxygens (including phenoxy) is 2. The zero-order chi connectivity index (χ0) is 16.5. The second-order valence-corrected chi connectivity index (χ2v) is 5.66. The molecule has 2 N–H and O–H groups in total. The van der Waals surface area contributed by atoms with E-state index in [1.165, 1.54) is 0 Å². The SMILES string of the molecule is Nc1ncc2c(n1)CN(C(=O)C=Cc1ccc3c(c1)OCO3)CC2. The maximum absolute atomic E-state index is 12.4. The Balaban J connectivity index is 1.46. The maximum atomic E-state index is 12.4. The Bertz CT molecular complexity index is 835. The number of nitrogens with two attached hydrogens (primary N) is 1. The van der Waals surface area contributed by atoms with E-state index >= 15 is 0 Å². The molecule has 0 saturated heterocycles. The lowest BCUT2D eigenvalue weighted by Gasteiger charge is -2.26. The molecule has 0 saturated carbocycles. The Morgan fingerprint density at radius 1 is 1.29 bits per heavy atom. The Kier molecular flexibility index (Phi) is 3.53. The first-order valence-electron chi connectivity index (χ1n) is 7.66. The van der Waals surface area contributed by atoms with Crippen molar-refractivity contribution in [2.45, 2.75) is 13.0 Å². The van der Waals surface area contributed by atoms with Crippen LogP contribution >= 0.6 is 0 Å². The first-order valence-corrected chi connectivity index (χ1v) is 7.66. The van der Waals surface area contributed by atoms with E-state index < -0.39 is 0 Å². The third-order valence-corrected chi connectivity index (χ3v) is 4.09. The van der Waals surface area contributed by atoms with Gasteiger partial charge in [0.15, 0.2) is 11.5 Å². The Morgan fingerprint density at radius 3 is 3.08 bits per heavy atom. The topological polar surface area (TPSA) is 90.6 Å². The molecular formula is C17H16N4O3. The van der Waals surface area contributed by atoms with Gasteiger partial charge in [0.25, 0.3) is 0 Å². The van der Waals surface area contributed by atoms with Crippen molar-refractivity contribution in [3.63, 3.8) is 0 Å². The average molecular weight is 324 g/mol. The van der Waals surface area contributed by atoms with Crippen molar-refractivity contribution < 1.29 is 14.3 Å². The molecule has 0 aliphatic carbocycles. The highest BCUT2D eigenvalue weighted by Gasteiger charge is 2.21. The van der Waals surface area contributed by atoms with Crippen LogP contribution in [0.5, 0.6) is 11.5 Å². The van der Waals surface area contributed by atoms with Crippen molar-refractivity contribution in [2.75, 3.05) is 19.1 Å². The van der Waals surface area contributed by atoms with Crippen LogP contribution in [0.4, 0.5) is 5.95 Å². The molecule has 4 rings (SSSR count). The molecule has 0 fully saturated rings. The summed E-state index contributed by atoms with van der Waals surface area (Å²) >= 11 is 0. The second-order valence-electron chi connectivity index (χ2n) is 5.66. The van der Waals surface area contributed by atoms with Crippen molar-refractivity contribution in [1.82, 2.24) is 14.9 Å². The van der Waals surface area contributed by atoms with E-state index in [1.807, 2.05) is 18.2 Å². The van der Waals surface area contributed by atoms with E-state index in [0.717, 1.165) is 29.0 Å². The normalized spacial score (nSPS) is 15.6. The van der Waals surface area contributed by atoms with Crippen LogP contribution in [0.2, 0.25) is 0 Å². The number of fused-ring (bicyclic) bond motifs is 2. The molecule has 2 aliphatic rings. The largest absolute Gasteiger partial charge is 0.454 e. The Labute approximate surface area is 138 Å². The molecule has 0 unspecified atom stereocenters. The molecule has 0 bridgehead atoms. The summed E-state index contributed by atoms with van der Waals surface area (Å²) < 4.78 is 10.6. The number of hydrogen-bond acceptors (Lipinski definition) is 6. The summed E-state index contributed by atoms with van der Waals surface area (Å²) in [6.07, 6.45) is 5.81. The third-order valence-electron chi connectivity index (χ3n) is 4.09. The lowest BCUT2D eigenvalue weighted by atomic mass is 10.1. The number of carbonyl (C=O) groups is 1. The third kappa shape index (κ3) is 2.76. The van der Waals surface area contributed by atoms with Crippen molar-refractivity contribution in [2.24, 2.45) is 0 Å². The molecule has 3 heterocycles. The Hall–Kier alpha value is -3.09. The monoisotopic (exact) mass is 324 g/mol. The fourth-order valence-corrected chi connectivity index (χ4v) is 2.80. The van der Waals surface area contributed by atoms with Gasteiger partial charge in [-0.1, -0.05) is 6.07 Å². The molecule has 1 aromatic heterocycles. The van der Waals surface area contributed by atoms with Gasteiger partial charge >= 0.3 is 0 Å². The predicted molar refractivity (Wildman–Crippen MR) is 87.2 cm³/mol. The quantitative estimate of drug-likeness (QED) is 0.840. The van der Waals surface area contributed by atoms with Gasteiger partial charge in [-0.25, -0.2) is 9.97 Å². The van der Waals surface area contributed by atoms with Crippen molar-refractivity contribution in [1.29, 1.82) is 0 Å². The van der Waals surface area contributed by atoms with Crippen LogP contribution in [0.25, 0.3) is 6.08 Å². The van der Waals surface area contributed by atoms with E-state index in [0.29, 0.717) is 18.8 Å². The van der Waals surface area contributed by atoms with Crippen molar-refractivity contribution >= 4 is 17.9 Å². The van der Waals surface area contributed by atoms with Crippen molar-refractivity contribution in [3.8, 4) is 11.5 Å². The highest BCUT2D eigenvalue weighted by Crippen LogP contribution is 2.32. The van der Waals surface area contributed by atoms with E-state index in [2.05, 4.69) is 9.97 Å². The summed E-state index contributed by atoms with van der Waals surface area (Å²) in [4.78, 5) is 22.4. The first-order chi connectivity index (χ1) is 11.7. The standard InChI is InChI=1S/C17H16N4O3/c18-17-19-8-12-5-6-21(9-13(12)20-17)16(22)4-2-11-1-3-14-15(7-11)24-10-23-14/h1-4,7-8H,5-6,9-10H2,(H2,18,19,20). The van der Waals surface area contributed by atoms with E-state index in [-0.39, 0.29) is 18.6 Å². The minimum absolute atomic E-state index is 0.0597. The minimum Gasteiger partial charge on any atom is -0.454 e. The molecule has 1 amide bonds. The number of anilines is 1. The molecule has 1 aromatic carbocycles. The lowest BCUT2D eigenvalue weighted by molar-refractivity contribution is -0.126. The molecule has 122 valence electrons. The van der Waals surface area contributed by atoms with Gasteiger partial charge in [0.05, 0.1) is 12.2 Å². The highest BCUT2D eigenvalue weighted by molar-refractivity contribution is 5.92. The summed E-state index contributed by atoms with van der Waals surface area (Å²) in [7, 11) is 0. The van der Waals surface area contributed by atoms with Gasteiger partial charge in [0, 0.05) is 18.8 Å². The van der Waals surface area contributed by atoms with Crippen LogP contribution in [-0.4, -0.2) is 34.1 Å². The van der Waals surface area contributed by atoms with Gasteiger partial charge in [0.1, 0.15) is 0 Å². The average Bonchev–Trinajstić information content (AvgIpc) is 3.06. The predicted octanol–water partition coefficient (Wildman–Crippen LogP) is 1.39. The molecule has 7 nitrogen and oxygen atoms in total. The summed E-state index contributed by atoms with van der Waals surface area (Å²) in [6, 6.07) is 5.57. The van der Waals surface area contributed by atoms with E-state index in [9.17, 15) is 4.79 Å². The van der Waals surface area contributed by atoms with Gasteiger partial charge < -0.3 is 20.1 Å². The number of hydrogen-bond donors (Lipinski definition) is 1. The fraction of sp³-hybridized carbons (Fsp3) is 0.235. The number of nitrogens with zero attached hydrogens (tertiary/aromatic N) is 3. The molecule has 7 heteroatoms. The molecule has 0 atom stereocenters. The number of aromatic nitrogens is 2. The van der Waals surface area contributed by atoms with Crippen LogP contribution in [0.15, 0.2) is 30.5 Å². The molecule has 24 heavy (non-hydrogen) atoms. The van der Waals surface area contributed by atoms with Crippen LogP contribution in [-0.2, 0) is 17.8 Å². The van der Waals surface area contributed by atoms with Crippen LogP contribution in [0.1, 0.15) is 16.8 Å². The first kappa shape index (κ1) is 14.5. The number of rotatable bonds is 2. The maximum Gasteiger partial charge on any atom is 0.246 e. The van der Waals surface area contributed by atoms with E-state index in [4.69, 9.17) is 15.2 Å². The number of nitrogen functional groups attached to an aromatic ring is 1. The number of amides is 1. The van der Waals surface area contributed by atoms with Gasteiger partial charge in [0.2, 0.25) is 18.6 Å². The molecule has 0 spiro atoms. The van der Waals surface area contributed by atoms with Gasteiger partial charge in [-0.05, 0) is 35.8 Å². The van der Waals surface area contributed by atoms with Gasteiger partial charge in [-0.3, -0.25) is 4.79 Å². The van der Waals surface area contributed by atoms with Crippen LogP contribution in [0, 0.1) is 0 Å². The second kappa shape index (κ2) is 5.84. The Morgan fingerprint density at radius 2 is 2.17 bits per heavy atom. The lowest BCUT2D eigenvalue weighted by Crippen LogP contribution is -2.35. The van der Waals surface area contributed by atoms with Crippen LogP contribution in [0.3, 0.4) is 0 Å². The summed E-state index contributed by atoms with van der Waals surface area (Å²) in [5.41, 5.74) is 8.37. The van der Waals surface area contributed by atoms with Gasteiger partial charge in [-0.15, -0.1) is 0 Å². The molecule has 2 aromatic rings. The summed E-state index contributed by atoms with van der Waals surface area (Å²) in [5.74, 6) is 1.60. The summed E-state index contributed by atoms with van der Waals surface area (Å²) in [6.45, 7) is 1.33. The molecule has 0 radical (unpaired) electrons. The molecule has 2 aliphatic heterocycles. The van der Waals surface area contributed by atoms with Gasteiger partial charge in [-0.2, -0.15) is 0 Å². The van der Waals surface area contributed by atoms with Crippen molar-refractivity contribution in [3.05, 3.63) is 47.3 Å². The molecular weight excluding hydrogens is 308 g/mol. The fourth-order valence-electron chi connectivity index (χ4n) is 2.80.